The minimum absolute atomic E-state index is 0.00264. The van der Waals surface area contributed by atoms with Crippen molar-refractivity contribution in [2.45, 2.75) is 44.9 Å². The molecular formula is C16H22FNO. The number of hydrogen-bond acceptors (Lipinski definition) is 2. The highest BCUT2D eigenvalue weighted by Gasteiger charge is 2.32. The van der Waals surface area contributed by atoms with Crippen molar-refractivity contribution in [3.8, 4) is 0 Å². The molecular weight excluding hydrogens is 241 g/mol. The summed E-state index contributed by atoms with van der Waals surface area (Å²) < 4.78 is 13.1. The van der Waals surface area contributed by atoms with E-state index in [1.807, 2.05) is 0 Å². The summed E-state index contributed by atoms with van der Waals surface area (Å²) >= 11 is 0. The molecule has 2 rings (SSSR count). The third kappa shape index (κ3) is 3.87. The van der Waals surface area contributed by atoms with E-state index in [1.165, 1.54) is 31.4 Å². The number of hydrogen-bond donors (Lipinski definition) is 1. The summed E-state index contributed by atoms with van der Waals surface area (Å²) in [5.74, 6) is -0.102. The van der Waals surface area contributed by atoms with E-state index in [0.29, 0.717) is 19.4 Å². The number of carbonyl (C=O) groups is 1. The quantitative estimate of drug-likeness (QED) is 0.886. The van der Waals surface area contributed by atoms with Crippen LogP contribution in [-0.2, 0) is 11.2 Å². The van der Waals surface area contributed by atoms with Gasteiger partial charge in [0.25, 0.3) is 0 Å². The van der Waals surface area contributed by atoms with Crippen molar-refractivity contribution >= 4 is 5.78 Å². The summed E-state index contributed by atoms with van der Waals surface area (Å²) in [4.78, 5) is 12.2. The highest BCUT2D eigenvalue weighted by atomic mass is 19.1. The van der Waals surface area contributed by atoms with Crippen molar-refractivity contribution in [2.24, 2.45) is 11.1 Å². The lowest BCUT2D eigenvalue weighted by atomic mass is 9.70. The van der Waals surface area contributed by atoms with Crippen molar-refractivity contribution in [3.63, 3.8) is 0 Å². The van der Waals surface area contributed by atoms with Gasteiger partial charge in [0.1, 0.15) is 11.6 Å². The van der Waals surface area contributed by atoms with Crippen molar-refractivity contribution in [1.29, 1.82) is 0 Å². The molecule has 1 fully saturated rings. The third-order valence-corrected chi connectivity index (χ3v) is 4.21. The molecule has 0 spiro atoms. The molecule has 0 bridgehead atoms. The molecule has 2 nitrogen and oxygen atoms in total. The van der Waals surface area contributed by atoms with Crippen molar-refractivity contribution < 1.29 is 9.18 Å². The lowest BCUT2D eigenvalue weighted by Gasteiger charge is -2.35. The maximum atomic E-state index is 13.1. The first-order chi connectivity index (χ1) is 9.13. The summed E-state index contributed by atoms with van der Waals surface area (Å²) in [7, 11) is 0. The van der Waals surface area contributed by atoms with E-state index in [1.54, 1.807) is 12.1 Å². The van der Waals surface area contributed by atoms with E-state index in [9.17, 15) is 9.18 Å². The van der Waals surface area contributed by atoms with Crippen LogP contribution in [0.25, 0.3) is 0 Å². The first-order valence-electron chi connectivity index (χ1n) is 7.10. The second-order valence-electron chi connectivity index (χ2n) is 5.79. The molecule has 1 aliphatic carbocycles. The van der Waals surface area contributed by atoms with Gasteiger partial charge in [0, 0.05) is 12.8 Å². The second-order valence-corrected chi connectivity index (χ2v) is 5.79. The van der Waals surface area contributed by atoms with Crippen LogP contribution in [-0.4, -0.2) is 12.3 Å². The Morgan fingerprint density at radius 1 is 1.26 bits per heavy atom. The number of carbonyl (C=O) groups excluding carboxylic acids is 1. The van der Waals surface area contributed by atoms with Gasteiger partial charge in [-0.05, 0) is 42.5 Å². The average molecular weight is 263 g/mol. The predicted octanol–water partition coefficient (Wildman–Crippen LogP) is 3.24. The molecule has 0 unspecified atom stereocenters. The Bertz CT molecular complexity index is 438. The smallest absolute Gasteiger partial charge is 0.137 e. The Balaban J connectivity index is 1.96. The molecule has 0 heterocycles. The molecule has 3 heteroatoms. The van der Waals surface area contributed by atoms with Crippen LogP contribution in [0.4, 0.5) is 4.39 Å². The second kappa shape index (κ2) is 6.29. The average Bonchev–Trinajstić information content (AvgIpc) is 2.39. The van der Waals surface area contributed by atoms with Crippen LogP contribution < -0.4 is 5.73 Å². The largest absolute Gasteiger partial charge is 0.330 e. The van der Waals surface area contributed by atoms with Gasteiger partial charge in [-0.15, -0.1) is 0 Å². The normalized spacial score (nSPS) is 18.2. The van der Waals surface area contributed by atoms with Crippen molar-refractivity contribution in [2.75, 3.05) is 6.54 Å². The Kier molecular flexibility index (Phi) is 4.70. The van der Waals surface area contributed by atoms with Crippen molar-refractivity contribution in [1.82, 2.24) is 0 Å². The topological polar surface area (TPSA) is 43.1 Å². The minimum Gasteiger partial charge on any atom is -0.330 e. The molecule has 0 aromatic heterocycles. The highest BCUT2D eigenvalue weighted by molar-refractivity contribution is 5.81. The Labute approximate surface area is 114 Å². The minimum atomic E-state index is -0.281. The molecule has 1 aliphatic rings. The van der Waals surface area contributed by atoms with Gasteiger partial charge in [0.15, 0.2) is 0 Å². The zero-order valence-corrected chi connectivity index (χ0v) is 11.3. The number of nitrogens with two attached hydrogens (primary N) is 1. The van der Waals surface area contributed by atoms with Crippen LogP contribution in [0.1, 0.15) is 44.1 Å². The fourth-order valence-corrected chi connectivity index (χ4v) is 3.11. The van der Waals surface area contributed by atoms with Gasteiger partial charge in [-0.1, -0.05) is 31.4 Å². The molecule has 19 heavy (non-hydrogen) atoms. The van der Waals surface area contributed by atoms with Gasteiger partial charge in [-0.25, -0.2) is 4.39 Å². The van der Waals surface area contributed by atoms with E-state index in [2.05, 4.69) is 0 Å². The molecule has 1 saturated carbocycles. The molecule has 1 aromatic rings. The summed E-state index contributed by atoms with van der Waals surface area (Å²) in [5, 5.41) is 0. The zero-order chi connectivity index (χ0) is 13.7. The first-order valence-corrected chi connectivity index (χ1v) is 7.10. The van der Waals surface area contributed by atoms with Gasteiger partial charge < -0.3 is 5.73 Å². The lowest BCUT2D eigenvalue weighted by Crippen LogP contribution is -2.35. The highest BCUT2D eigenvalue weighted by Crippen LogP contribution is 2.38. The van der Waals surface area contributed by atoms with E-state index >= 15 is 0 Å². The number of benzene rings is 1. The molecule has 0 radical (unpaired) electrons. The molecule has 104 valence electrons. The predicted molar refractivity (Wildman–Crippen MR) is 74.3 cm³/mol. The van der Waals surface area contributed by atoms with Crippen LogP contribution in [0.2, 0.25) is 0 Å². The van der Waals surface area contributed by atoms with Crippen LogP contribution in [0.15, 0.2) is 24.3 Å². The van der Waals surface area contributed by atoms with E-state index < -0.39 is 0 Å². The molecule has 2 N–H and O–H groups in total. The Morgan fingerprint density at radius 2 is 2.00 bits per heavy atom. The number of ketones is 1. The zero-order valence-electron chi connectivity index (χ0n) is 11.3. The van der Waals surface area contributed by atoms with Crippen molar-refractivity contribution in [3.05, 3.63) is 35.6 Å². The Morgan fingerprint density at radius 3 is 2.63 bits per heavy atom. The lowest BCUT2D eigenvalue weighted by molar-refractivity contribution is -0.121. The molecule has 0 atom stereocenters. The van der Waals surface area contributed by atoms with Gasteiger partial charge in [-0.3, -0.25) is 4.79 Å². The van der Waals surface area contributed by atoms with Crippen LogP contribution in [0, 0.1) is 11.2 Å². The SMILES string of the molecule is NCC1(CC(=O)Cc2cccc(F)c2)CCCCC1. The maximum absolute atomic E-state index is 13.1. The molecule has 1 aromatic carbocycles. The molecule has 0 aliphatic heterocycles. The van der Waals surface area contributed by atoms with E-state index in [0.717, 1.165) is 18.4 Å². The van der Waals surface area contributed by atoms with Gasteiger partial charge in [0.05, 0.1) is 0 Å². The number of Topliss-reactive ketones (excluding diaryl/α,β-unsaturated/α-hetero) is 1. The fourth-order valence-electron chi connectivity index (χ4n) is 3.11. The summed E-state index contributed by atoms with van der Waals surface area (Å²) in [6, 6.07) is 6.29. The summed E-state index contributed by atoms with van der Waals surface area (Å²) in [6.45, 7) is 0.585. The van der Waals surface area contributed by atoms with Gasteiger partial charge in [-0.2, -0.15) is 0 Å². The fraction of sp³-hybridized carbons (Fsp3) is 0.562. The van der Waals surface area contributed by atoms with Crippen LogP contribution >= 0.6 is 0 Å². The van der Waals surface area contributed by atoms with E-state index in [4.69, 9.17) is 5.73 Å². The number of rotatable bonds is 5. The van der Waals surface area contributed by atoms with E-state index in [-0.39, 0.29) is 17.0 Å². The Hall–Kier alpha value is -1.22. The summed E-state index contributed by atoms with van der Waals surface area (Å²) in [6.07, 6.45) is 6.56. The first kappa shape index (κ1) is 14.2. The molecule has 0 saturated heterocycles. The number of halogens is 1. The van der Waals surface area contributed by atoms with Gasteiger partial charge in [0.2, 0.25) is 0 Å². The summed E-state index contributed by atoms with van der Waals surface area (Å²) in [5.41, 5.74) is 6.65. The molecule has 0 amide bonds. The van der Waals surface area contributed by atoms with Gasteiger partial charge >= 0.3 is 0 Å². The van der Waals surface area contributed by atoms with Crippen LogP contribution in [0.5, 0.6) is 0 Å². The standard InChI is InChI=1S/C16H22FNO/c17-14-6-4-5-13(9-14)10-15(19)11-16(12-18)7-2-1-3-8-16/h4-6,9H,1-3,7-8,10-12,18H2. The maximum Gasteiger partial charge on any atom is 0.137 e. The van der Waals surface area contributed by atoms with Crippen LogP contribution in [0.3, 0.4) is 0 Å². The third-order valence-electron chi connectivity index (χ3n) is 4.21. The monoisotopic (exact) mass is 263 g/mol.